The number of likely N-dealkylation sites (tertiary alicyclic amines) is 1. The van der Waals surface area contributed by atoms with Gasteiger partial charge in [-0.2, -0.15) is 0 Å². The van der Waals surface area contributed by atoms with Crippen LogP contribution in [0, 0.1) is 5.82 Å². The smallest absolute Gasteiger partial charge is 0.227 e. The minimum atomic E-state index is -0.347. The predicted molar refractivity (Wildman–Crippen MR) is 61.9 cm³/mol. The minimum Gasteiger partial charge on any atom is -0.394 e. The Morgan fingerprint density at radius 1 is 1.47 bits per heavy atom. The summed E-state index contributed by atoms with van der Waals surface area (Å²) < 4.78 is 13.4. The van der Waals surface area contributed by atoms with E-state index in [9.17, 15) is 9.18 Å². The maximum absolute atomic E-state index is 13.4. The molecule has 1 amide bonds. The topological polar surface area (TPSA) is 40.5 Å². The van der Waals surface area contributed by atoms with E-state index in [1.165, 1.54) is 6.07 Å². The molecule has 1 heterocycles. The number of carbonyl (C=O) groups is 1. The van der Waals surface area contributed by atoms with Crippen LogP contribution in [0.3, 0.4) is 0 Å². The molecule has 0 unspecified atom stereocenters. The van der Waals surface area contributed by atoms with Crippen LogP contribution in [-0.2, 0) is 11.2 Å². The van der Waals surface area contributed by atoms with Crippen molar-refractivity contribution in [3.63, 3.8) is 0 Å². The number of aliphatic hydroxyl groups excluding tert-OH is 1. The molecule has 3 nitrogen and oxygen atoms in total. The number of amides is 1. The van der Waals surface area contributed by atoms with Gasteiger partial charge in [0.2, 0.25) is 5.91 Å². The molecule has 92 valence electrons. The monoisotopic (exact) mass is 237 g/mol. The Hall–Kier alpha value is -1.42. The number of hydrogen-bond donors (Lipinski definition) is 1. The van der Waals surface area contributed by atoms with Crippen LogP contribution in [0.2, 0.25) is 0 Å². The van der Waals surface area contributed by atoms with E-state index < -0.39 is 0 Å². The van der Waals surface area contributed by atoms with E-state index in [4.69, 9.17) is 5.11 Å². The molecule has 2 rings (SSSR count). The Balaban J connectivity index is 2.04. The molecule has 1 fully saturated rings. The lowest BCUT2D eigenvalue weighted by Crippen LogP contribution is -2.38. The lowest BCUT2D eigenvalue weighted by molar-refractivity contribution is -0.132. The van der Waals surface area contributed by atoms with Gasteiger partial charge >= 0.3 is 0 Å². The molecule has 4 heteroatoms. The van der Waals surface area contributed by atoms with Gasteiger partial charge in [-0.05, 0) is 24.5 Å². The molecule has 1 aromatic carbocycles. The van der Waals surface area contributed by atoms with E-state index >= 15 is 0 Å². The Labute approximate surface area is 99.9 Å². The zero-order chi connectivity index (χ0) is 12.3. The molecular formula is C13H16FNO2. The van der Waals surface area contributed by atoms with Crippen molar-refractivity contribution in [1.29, 1.82) is 0 Å². The van der Waals surface area contributed by atoms with Crippen LogP contribution >= 0.6 is 0 Å². The lowest BCUT2D eigenvalue weighted by atomic mass is 10.1. The molecule has 0 aromatic heterocycles. The molecule has 1 saturated heterocycles. The first-order chi connectivity index (χ1) is 8.22. The van der Waals surface area contributed by atoms with Crippen LogP contribution in [0.25, 0.3) is 0 Å². The number of aliphatic hydroxyl groups is 1. The summed E-state index contributed by atoms with van der Waals surface area (Å²) in [4.78, 5) is 13.6. The highest BCUT2D eigenvalue weighted by atomic mass is 19.1. The Kier molecular flexibility index (Phi) is 3.74. The SMILES string of the molecule is O=C(Cc1ccccc1F)N1CCC[C@@H]1CO. The third-order valence-electron chi connectivity index (χ3n) is 3.21. The largest absolute Gasteiger partial charge is 0.394 e. The van der Waals surface area contributed by atoms with Gasteiger partial charge < -0.3 is 10.0 Å². The summed E-state index contributed by atoms with van der Waals surface area (Å²) in [6, 6.07) is 6.22. The van der Waals surface area contributed by atoms with Crippen molar-refractivity contribution in [3.8, 4) is 0 Å². The zero-order valence-corrected chi connectivity index (χ0v) is 9.60. The second-order valence-corrected chi connectivity index (χ2v) is 4.33. The molecule has 1 aromatic rings. The highest BCUT2D eigenvalue weighted by Crippen LogP contribution is 2.18. The summed E-state index contributed by atoms with van der Waals surface area (Å²) in [5.74, 6) is -0.452. The summed E-state index contributed by atoms with van der Waals surface area (Å²) >= 11 is 0. The molecule has 1 aliphatic rings. The van der Waals surface area contributed by atoms with E-state index in [1.807, 2.05) is 0 Å². The van der Waals surface area contributed by atoms with Crippen molar-refractivity contribution in [2.24, 2.45) is 0 Å². The van der Waals surface area contributed by atoms with Gasteiger partial charge in [-0.3, -0.25) is 4.79 Å². The number of rotatable bonds is 3. The predicted octanol–water partition coefficient (Wildman–Crippen LogP) is 1.35. The van der Waals surface area contributed by atoms with Gasteiger partial charge in [0.15, 0.2) is 0 Å². The molecule has 0 aliphatic carbocycles. The molecule has 1 atom stereocenters. The van der Waals surface area contributed by atoms with E-state index in [1.54, 1.807) is 23.1 Å². The highest BCUT2D eigenvalue weighted by Gasteiger charge is 2.28. The first-order valence-corrected chi connectivity index (χ1v) is 5.86. The number of halogens is 1. The van der Waals surface area contributed by atoms with E-state index in [0.29, 0.717) is 12.1 Å². The van der Waals surface area contributed by atoms with Gasteiger partial charge in [-0.15, -0.1) is 0 Å². The Morgan fingerprint density at radius 2 is 2.24 bits per heavy atom. The second-order valence-electron chi connectivity index (χ2n) is 4.33. The van der Waals surface area contributed by atoms with Crippen LogP contribution in [0.5, 0.6) is 0 Å². The quantitative estimate of drug-likeness (QED) is 0.862. The maximum Gasteiger partial charge on any atom is 0.227 e. The first kappa shape index (κ1) is 12.0. The van der Waals surface area contributed by atoms with Gasteiger partial charge in [-0.25, -0.2) is 4.39 Å². The normalized spacial score (nSPS) is 19.6. The first-order valence-electron chi connectivity index (χ1n) is 5.86. The summed E-state index contributed by atoms with van der Waals surface area (Å²) in [7, 11) is 0. The van der Waals surface area contributed by atoms with Crippen LogP contribution in [0.4, 0.5) is 4.39 Å². The van der Waals surface area contributed by atoms with E-state index in [0.717, 1.165) is 12.8 Å². The third kappa shape index (κ3) is 2.64. The molecule has 0 spiro atoms. The number of carbonyl (C=O) groups excluding carboxylic acids is 1. The molecule has 1 aliphatic heterocycles. The Bertz CT molecular complexity index is 408. The summed E-state index contributed by atoms with van der Waals surface area (Å²) in [6.45, 7) is 0.654. The zero-order valence-electron chi connectivity index (χ0n) is 9.60. The van der Waals surface area contributed by atoms with Gasteiger partial charge in [0.1, 0.15) is 5.82 Å². The highest BCUT2D eigenvalue weighted by molar-refractivity contribution is 5.79. The minimum absolute atomic E-state index is 0.0109. The van der Waals surface area contributed by atoms with Crippen molar-refractivity contribution in [1.82, 2.24) is 4.90 Å². The number of hydrogen-bond acceptors (Lipinski definition) is 2. The molecule has 0 bridgehead atoms. The summed E-state index contributed by atoms with van der Waals surface area (Å²) in [5, 5.41) is 9.14. The van der Waals surface area contributed by atoms with Crippen LogP contribution in [0.15, 0.2) is 24.3 Å². The fraction of sp³-hybridized carbons (Fsp3) is 0.462. The summed E-state index contributed by atoms with van der Waals surface area (Å²) in [6.07, 6.45) is 1.82. The van der Waals surface area contributed by atoms with Crippen molar-refractivity contribution >= 4 is 5.91 Å². The van der Waals surface area contributed by atoms with Gasteiger partial charge in [0, 0.05) is 6.54 Å². The van der Waals surface area contributed by atoms with Crippen LogP contribution in [-0.4, -0.2) is 35.1 Å². The Morgan fingerprint density at radius 3 is 2.94 bits per heavy atom. The molecule has 1 N–H and O–H groups in total. The van der Waals surface area contributed by atoms with E-state index in [2.05, 4.69) is 0 Å². The third-order valence-corrected chi connectivity index (χ3v) is 3.21. The average Bonchev–Trinajstić information content (AvgIpc) is 2.80. The van der Waals surface area contributed by atoms with Crippen LogP contribution < -0.4 is 0 Å². The molecule has 17 heavy (non-hydrogen) atoms. The number of benzene rings is 1. The standard InChI is InChI=1S/C13H16FNO2/c14-12-6-2-1-4-10(12)8-13(17)15-7-3-5-11(15)9-16/h1-2,4,6,11,16H,3,5,7-9H2/t11-/m1/s1. The molecular weight excluding hydrogens is 221 g/mol. The maximum atomic E-state index is 13.4. The molecule has 0 saturated carbocycles. The van der Waals surface area contributed by atoms with Gasteiger partial charge in [0.05, 0.1) is 19.1 Å². The fourth-order valence-corrected chi connectivity index (χ4v) is 2.26. The van der Waals surface area contributed by atoms with Crippen molar-refractivity contribution in [2.75, 3.05) is 13.2 Å². The average molecular weight is 237 g/mol. The van der Waals surface area contributed by atoms with Crippen molar-refractivity contribution < 1.29 is 14.3 Å². The molecule has 0 radical (unpaired) electrons. The second kappa shape index (κ2) is 5.27. The number of nitrogens with zero attached hydrogens (tertiary/aromatic N) is 1. The van der Waals surface area contributed by atoms with E-state index in [-0.39, 0.29) is 30.8 Å². The summed E-state index contributed by atoms with van der Waals surface area (Å²) in [5.41, 5.74) is 0.418. The fourth-order valence-electron chi connectivity index (χ4n) is 2.26. The van der Waals surface area contributed by atoms with Gasteiger partial charge in [0.25, 0.3) is 0 Å². The van der Waals surface area contributed by atoms with Crippen LogP contribution in [0.1, 0.15) is 18.4 Å². The van der Waals surface area contributed by atoms with Crippen molar-refractivity contribution in [3.05, 3.63) is 35.6 Å². The lowest BCUT2D eigenvalue weighted by Gasteiger charge is -2.23. The van der Waals surface area contributed by atoms with Gasteiger partial charge in [-0.1, -0.05) is 18.2 Å². The van der Waals surface area contributed by atoms with Crippen molar-refractivity contribution in [2.45, 2.75) is 25.3 Å².